The standard InChI is InChI=1S/C18H19ClN2O/c1-12-11-17(20-16-9-5-4-8-15(16)19)14-7-3-6-10-18(14)21(12)13(2)22/h3-10,12,17,20H,11H2,1-2H3. The third kappa shape index (κ3) is 2.69. The fourth-order valence-corrected chi connectivity index (χ4v) is 3.39. The molecular weight excluding hydrogens is 296 g/mol. The van der Waals surface area contributed by atoms with Gasteiger partial charge >= 0.3 is 0 Å². The van der Waals surface area contributed by atoms with Gasteiger partial charge < -0.3 is 10.2 Å². The third-order valence-electron chi connectivity index (χ3n) is 4.13. The van der Waals surface area contributed by atoms with Crippen LogP contribution in [0.5, 0.6) is 0 Å². The summed E-state index contributed by atoms with van der Waals surface area (Å²) in [6, 6.07) is 16.1. The molecule has 2 aromatic carbocycles. The quantitative estimate of drug-likeness (QED) is 0.876. The molecule has 22 heavy (non-hydrogen) atoms. The summed E-state index contributed by atoms with van der Waals surface area (Å²) in [6.07, 6.45) is 0.849. The minimum absolute atomic E-state index is 0.0798. The van der Waals surface area contributed by atoms with Gasteiger partial charge in [-0.1, -0.05) is 41.9 Å². The van der Waals surface area contributed by atoms with Gasteiger partial charge in [0.2, 0.25) is 5.91 Å². The maximum atomic E-state index is 12.0. The lowest BCUT2D eigenvalue weighted by atomic mass is 9.91. The maximum absolute atomic E-state index is 12.0. The molecular formula is C18H19ClN2O. The smallest absolute Gasteiger partial charge is 0.224 e. The van der Waals surface area contributed by atoms with Crippen LogP contribution in [-0.2, 0) is 4.79 Å². The van der Waals surface area contributed by atoms with Crippen molar-refractivity contribution in [3.05, 3.63) is 59.1 Å². The topological polar surface area (TPSA) is 32.3 Å². The predicted octanol–water partition coefficient (Wildman–Crippen LogP) is 4.64. The normalized spacial score (nSPS) is 20.4. The molecule has 0 aromatic heterocycles. The molecule has 2 aromatic rings. The van der Waals surface area contributed by atoms with Crippen LogP contribution in [0, 0.1) is 0 Å². The number of carbonyl (C=O) groups is 1. The van der Waals surface area contributed by atoms with Crippen molar-refractivity contribution < 1.29 is 4.79 Å². The van der Waals surface area contributed by atoms with Crippen molar-refractivity contribution in [3.8, 4) is 0 Å². The number of amides is 1. The molecule has 3 nitrogen and oxygen atoms in total. The first-order valence-electron chi connectivity index (χ1n) is 7.47. The summed E-state index contributed by atoms with van der Waals surface area (Å²) in [6.45, 7) is 3.70. The molecule has 2 atom stereocenters. The Morgan fingerprint density at radius 1 is 1.18 bits per heavy atom. The number of fused-ring (bicyclic) bond motifs is 1. The fraction of sp³-hybridized carbons (Fsp3) is 0.278. The largest absolute Gasteiger partial charge is 0.377 e. The number of benzene rings is 2. The number of para-hydroxylation sites is 2. The second-order valence-corrected chi connectivity index (χ2v) is 6.12. The van der Waals surface area contributed by atoms with E-state index in [0.717, 1.165) is 23.4 Å². The summed E-state index contributed by atoms with van der Waals surface area (Å²) in [4.78, 5) is 13.9. The molecule has 0 fully saturated rings. The van der Waals surface area contributed by atoms with E-state index in [1.54, 1.807) is 6.92 Å². The highest BCUT2D eigenvalue weighted by atomic mass is 35.5. The predicted molar refractivity (Wildman–Crippen MR) is 91.5 cm³/mol. The lowest BCUT2D eigenvalue weighted by Crippen LogP contribution is -2.43. The van der Waals surface area contributed by atoms with Crippen molar-refractivity contribution in [2.24, 2.45) is 0 Å². The van der Waals surface area contributed by atoms with E-state index >= 15 is 0 Å². The van der Waals surface area contributed by atoms with Crippen molar-refractivity contribution in [1.82, 2.24) is 0 Å². The van der Waals surface area contributed by atoms with E-state index < -0.39 is 0 Å². The number of hydrogen-bond donors (Lipinski definition) is 1. The molecule has 1 aliphatic rings. The zero-order chi connectivity index (χ0) is 15.7. The summed E-state index contributed by atoms with van der Waals surface area (Å²) in [5, 5.41) is 4.24. The maximum Gasteiger partial charge on any atom is 0.224 e. The summed E-state index contributed by atoms with van der Waals surface area (Å²) < 4.78 is 0. The van der Waals surface area contributed by atoms with E-state index in [-0.39, 0.29) is 18.0 Å². The number of hydrogen-bond acceptors (Lipinski definition) is 2. The Balaban J connectivity index is 1.98. The lowest BCUT2D eigenvalue weighted by Gasteiger charge is -2.39. The highest BCUT2D eigenvalue weighted by Crippen LogP contribution is 2.39. The van der Waals surface area contributed by atoms with Gasteiger partial charge in [0.15, 0.2) is 0 Å². The first-order chi connectivity index (χ1) is 10.6. The number of rotatable bonds is 2. The van der Waals surface area contributed by atoms with Gasteiger partial charge in [-0.25, -0.2) is 0 Å². The van der Waals surface area contributed by atoms with Crippen LogP contribution in [0.3, 0.4) is 0 Å². The minimum Gasteiger partial charge on any atom is -0.377 e. The van der Waals surface area contributed by atoms with Crippen LogP contribution in [0.15, 0.2) is 48.5 Å². The summed E-state index contributed by atoms with van der Waals surface area (Å²) in [7, 11) is 0. The second kappa shape index (κ2) is 6.01. The van der Waals surface area contributed by atoms with Gasteiger partial charge in [0.25, 0.3) is 0 Å². The SMILES string of the molecule is CC(=O)N1c2ccccc2C(Nc2ccccc2Cl)CC1C. The molecule has 0 saturated carbocycles. The van der Waals surface area contributed by atoms with Gasteiger partial charge in [0.05, 0.1) is 16.8 Å². The number of anilines is 2. The highest BCUT2D eigenvalue weighted by molar-refractivity contribution is 6.33. The Labute approximate surface area is 135 Å². The van der Waals surface area contributed by atoms with E-state index in [9.17, 15) is 4.79 Å². The zero-order valence-corrected chi connectivity index (χ0v) is 13.5. The van der Waals surface area contributed by atoms with Crippen molar-refractivity contribution in [3.63, 3.8) is 0 Å². The van der Waals surface area contributed by atoms with Crippen LogP contribution in [0.25, 0.3) is 0 Å². The van der Waals surface area contributed by atoms with Crippen LogP contribution in [0.2, 0.25) is 5.02 Å². The van der Waals surface area contributed by atoms with Crippen molar-refractivity contribution in [2.45, 2.75) is 32.4 Å². The first-order valence-corrected chi connectivity index (χ1v) is 7.85. The van der Waals surface area contributed by atoms with Crippen LogP contribution in [0.4, 0.5) is 11.4 Å². The molecule has 0 bridgehead atoms. The van der Waals surface area contributed by atoms with Crippen molar-refractivity contribution in [1.29, 1.82) is 0 Å². The van der Waals surface area contributed by atoms with E-state index in [0.29, 0.717) is 5.02 Å². The van der Waals surface area contributed by atoms with Crippen LogP contribution in [-0.4, -0.2) is 11.9 Å². The van der Waals surface area contributed by atoms with Crippen molar-refractivity contribution >= 4 is 28.9 Å². The van der Waals surface area contributed by atoms with Crippen molar-refractivity contribution in [2.75, 3.05) is 10.2 Å². The zero-order valence-electron chi connectivity index (χ0n) is 12.7. The summed E-state index contributed by atoms with van der Waals surface area (Å²) >= 11 is 6.26. The van der Waals surface area contributed by atoms with Gasteiger partial charge in [0, 0.05) is 18.7 Å². The molecule has 1 N–H and O–H groups in total. The molecule has 0 radical (unpaired) electrons. The fourth-order valence-electron chi connectivity index (χ4n) is 3.20. The summed E-state index contributed by atoms with van der Waals surface area (Å²) in [5.74, 6) is 0.0798. The molecule has 114 valence electrons. The van der Waals surface area contributed by atoms with Gasteiger partial charge in [-0.3, -0.25) is 4.79 Å². The number of carbonyl (C=O) groups excluding carboxylic acids is 1. The summed E-state index contributed by atoms with van der Waals surface area (Å²) in [5.41, 5.74) is 3.04. The molecule has 3 rings (SSSR count). The Bertz CT molecular complexity index is 701. The van der Waals surface area contributed by atoms with E-state index in [1.165, 1.54) is 0 Å². The van der Waals surface area contributed by atoms with E-state index in [4.69, 9.17) is 11.6 Å². The molecule has 0 saturated heterocycles. The average Bonchev–Trinajstić information content (AvgIpc) is 2.49. The van der Waals surface area contributed by atoms with Crippen LogP contribution in [0.1, 0.15) is 31.9 Å². The first kappa shape index (κ1) is 14.9. The lowest BCUT2D eigenvalue weighted by molar-refractivity contribution is -0.117. The molecule has 1 heterocycles. The molecule has 0 spiro atoms. The van der Waals surface area contributed by atoms with Gasteiger partial charge in [-0.2, -0.15) is 0 Å². The number of nitrogens with zero attached hydrogens (tertiary/aromatic N) is 1. The number of halogens is 1. The molecule has 1 aliphatic heterocycles. The Morgan fingerprint density at radius 2 is 1.86 bits per heavy atom. The molecule has 1 amide bonds. The molecule has 0 aliphatic carbocycles. The van der Waals surface area contributed by atoms with Crippen LogP contribution < -0.4 is 10.2 Å². The molecule has 2 unspecified atom stereocenters. The minimum atomic E-state index is 0.0798. The number of nitrogens with one attached hydrogen (secondary N) is 1. The molecule has 4 heteroatoms. The Kier molecular flexibility index (Phi) is 4.08. The van der Waals surface area contributed by atoms with Gasteiger partial charge in [-0.05, 0) is 37.1 Å². The second-order valence-electron chi connectivity index (χ2n) is 5.71. The van der Waals surface area contributed by atoms with Gasteiger partial charge in [-0.15, -0.1) is 0 Å². The monoisotopic (exact) mass is 314 g/mol. The average molecular weight is 315 g/mol. The van der Waals surface area contributed by atoms with E-state index in [1.807, 2.05) is 47.4 Å². The Hall–Kier alpha value is -2.00. The Morgan fingerprint density at radius 3 is 2.59 bits per heavy atom. The highest BCUT2D eigenvalue weighted by Gasteiger charge is 2.32. The van der Waals surface area contributed by atoms with Crippen LogP contribution >= 0.6 is 11.6 Å². The third-order valence-corrected chi connectivity index (χ3v) is 4.46. The van der Waals surface area contributed by atoms with E-state index in [2.05, 4.69) is 18.3 Å². The van der Waals surface area contributed by atoms with Gasteiger partial charge in [0.1, 0.15) is 0 Å².